The summed E-state index contributed by atoms with van der Waals surface area (Å²) in [7, 11) is 0. The van der Waals surface area contributed by atoms with Gasteiger partial charge >= 0.3 is 6.09 Å². The van der Waals surface area contributed by atoms with Crippen LogP contribution in [0.1, 0.15) is 26.5 Å². The Morgan fingerprint density at radius 1 is 1.16 bits per heavy atom. The fourth-order valence-corrected chi connectivity index (χ4v) is 2.48. The molecule has 5 nitrogen and oxygen atoms in total. The van der Waals surface area contributed by atoms with Gasteiger partial charge in [-0.15, -0.1) is 0 Å². The Kier molecular flexibility index (Phi) is 5.03. The fourth-order valence-electron chi connectivity index (χ4n) is 2.48. The van der Waals surface area contributed by atoms with Gasteiger partial charge in [0.15, 0.2) is 5.82 Å². The van der Waals surface area contributed by atoms with Crippen molar-refractivity contribution in [2.24, 2.45) is 0 Å². The molecule has 0 bridgehead atoms. The van der Waals surface area contributed by atoms with E-state index in [1.807, 2.05) is 0 Å². The Balaban J connectivity index is 2.73. The Bertz CT molecular complexity index is 799. The minimum atomic E-state index is -1.38. The summed E-state index contributed by atoms with van der Waals surface area (Å²) < 4.78 is 42.4. The number of carboxylic acid groups (broad SMARTS) is 1. The number of amides is 1. The van der Waals surface area contributed by atoms with Gasteiger partial charge in [-0.05, 0) is 32.9 Å². The molecule has 134 valence electrons. The van der Waals surface area contributed by atoms with E-state index in [1.165, 1.54) is 0 Å². The summed E-state index contributed by atoms with van der Waals surface area (Å²) in [5.74, 6) is -3.14. The zero-order valence-corrected chi connectivity index (χ0v) is 13.8. The van der Waals surface area contributed by atoms with Crippen LogP contribution in [0.15, 0.2) is 24.3 Å². The summed E-state index contributed by atoms with van der Waals surface area (Å²) in [5.41, 5.74) is -2.69. The molecular weight excluding hydrogens is 337 g/mol. The van der Waals surface area contributed by atoms with Crippen LogP contribution in [-0.2, 0) is 6.61 Å². The van der Waals surface area contributed by atoms with Crippen LogP contribution < -0.4 is 4.90 Å². The van der Waals surface area contributed by atoms with E-state index in [1.54, 1.807) is 20.8 Å². The van der Waals surface area contributed by atoms with Crippen LogP contribution in [0, 0.1) is 17.5 Å². The molecule has 1 heterocycles. The maximum absolute atomic E-state index is 14.5. The van der Waals surface area contributed by atoms with Crippen LogP contribution in [-0.4, -0.2) is 26.8 Å². The molecule has 2 N–H and O–H groups in total. The van der Waals surface area contributed by atoms with Crippen molar-refractivity contribution in [2.75, 3.05) is 4.90 Å². The van der Waals surface area contributed by atoms with Crippen LogP contribution in [0.5, 0.6) is 0 Å². The zero-order chi connectivity index (χ0) is 18.9. The summed E-state index contributed by atoms with van der Waals surface area (Å²) in [4.78, 5) is 16.2. The van der Waals surface area contributed by atoms with Gasteiger partial charge in [-0.2, -0.15) is 0 Å². The molecule has 2 rings (SSSR count). The minimum Gasteiger partial charge on any atom is -0.465 e. The first-order valence-corrected chi connectivity index (χ1v) is 7.35. The quantitative estimate of drug-likeness (QED) is 0.876. The first kappa shape index (κ1) is 18.7. The number of aliphatic hydroxyl groups excluding tert-OH is 1. The highest BCUT2D eigenvalue weighted by atomic mass is 19.1. The first-order valence-electron chi connectivity index (χ1n) is 7.35. The number of anilines is 1. The summed E-state index contributed by atoms with van der Waals surface area (Å²) >= 11 is 0. The Morgan fingerprint density at radius 2 is 1.72 bits per heavy atom. The lowest BCUT2D eigenvalue weighted by molar-refractivity contribution is 0.195. The molecule has 0 radical (unpaired) electrons. The molecule has 0 aliphatic rings. The molecule has 0 aliphatic heterocycles. The number of carbonyl (C=O) groups is 1. The fraction of sp³-hybridized carbons (Fsp3) is 0.294. The standard InChI is InChI=1S/C17H17F3N2O3/c1-17(2,3)22(16(24)25)13-7-11(20)15(21-12(13)8-23)14-9(18)5-4-6-10(14)19/h4-7,23H,8H2,1-3H3,(H,24,25). The molecule has 0 saturated heterocycles. The van der Waals surface area contributed by atoms with E-state index >= 15 is 0 Å². The third kappa shape index (κ3) is 3.58. The second-order valence-corrected chi connectivity index (χ2v) is 6.33. The molecule has 8 heteroatoms. The zero-order valence-electron chi connectivity index (χ0n) is 13.8. The minimum absolute atomic E-state index is 0.194. The molecule has 1 amide bonds. The van der Waals surface area contributed by atoms with Gasteiger partial charge < -0.3 is 10.2 Å². The maximum Gasteiger partial charge on any atom is 0.412 e. The molecule has 0 atom stereocenters. The number of aromatic nitrogens is 1. The Hall–Kier alpha value is -2.61. The number of hydrogen-bond acceptors (Lipinski definition) is 3. The van der Waals surface area contributed by atoms with E-state index < -0.39 is 46.9 Å². The van der Waals surface area contributed by atoms with Gasteiger partial charge in [0.25, 0.3) is 0 Å². The van der Waals surface area contributed by atoms with E-state index in [2.05, 4.69) is 4.98 Å². The average Bonchev–Trinajstić information content (AvgIpc) is 2.47. The van der Waals surface area contributed by atoms with E-state index in [4.69, 9.17) is 0 Å². The van der Waals surface area contributed by atoms with Crippen molar-refractivity contribution in [1.29, 1.82) is 0 Å². The third-order valence-electron chi connectivity index (χ3n) is 3.48. The normalized spacial score (nSPS) is 11.5. The van der Waals surface area contributed by atoms with Gasteiger partial charge in [0.1, 0.15) is 17.3 Å². The monoisotopic (exact) mass is 354 g/mol. The molecule has 25 heavy (non-hydrogen) atoms. The summed E-state index contributed by atoms with van der Waals surface area (Å²) in [6, 6.07) is 3.83. The highest BCUT2D eigenvalue weighted by Gasteiger charge is 2.31. The van der Waals surface area contributed by atoms with Crippen molar-refractivity contribution < 1.29 is 28.2 Å². The van der Waals surface area contributed by atoms with Gasteiger partial charge in [-0.1, -0.05) is 6.07 Å². The van der Waals surface area contributed by atoms with Crippen LogP contribution in [0.25, 0.3) is 11.3 Å². The molecule has 1 aromatic carbocycles. The number of aliphatic hydroxyl groups is 1. The van der Waals surface area contributed by atoms with Gasteiger partial charge in [0.05, 0.1) is 23.6 Å². The highest BCUT2D eigenvalue weighted by molar-refractivity contribution is 5.88. The molecule has 2 aromatic rings. The number of benzene rings is 1. The predicted molar refractivity (Wildman–Crippen MR) is 85.7 cm³/mol. The van der Waals surface area contributed by atoms with Gasteiger partial charge in [-0.25, -0.2) is 22.9 Å². The lowest BCUT2D eigenvalue weighted by Crippen LogP contribution is -2.46. The van der Waals surface area contributed by atoms with Crippen molar-refractivity contribution in [2.45, 2.75) is 32.9 Å². The number of pyridine rings is 1. The topological polar surface area (TPSA) is 73.7 Å². The van der Waals surface area contributed by atoms with Crippen molar-refractivity contribution in [3.05, 3.63) is 47.4 Å². The van der Waals surface area contributed by atoms with Crippen molar-refractivity contribution in [3.8, 4) is 11.3 Å². The Morgan fingerprint density at radius 3 is 2.16 bits per heavy atom. The summed E-state index contributed by atoms with van der Waals surface area (Å²) in [6.07, 6.45) is -1.38. The first-order chi connectivity index (χ1) is 11.6. The van der Waals surface area contributed by atoms with Gasteiger partial charge in [0.2, 0.25) is 0 Å². The smallest absolute Gasteiger partial charge is 0.412 e. The average molecular weight is 354 g/mol. The maximum atomic E-state index is 14.5. The van der Waals surface area contributed by atoms with E-state index in [-0.39, 0.29) is 11.4 Å². The number of nitrogens with zero attached hydrogens (tertiary/aromatic N) is 2. The number of halogens is 3. The predicted octanol–water partition coefficient (Wildman–Crippen LogP) is 3.94. The van der Waals surface area contributed by atoms with Crippen LogP contribution in [0.2, 0.25) is 0 Å². The molecule has 0 fully saturated rings. The second kappa shape index (κ2) is 6.72. The molecule has 0 saturated carbocycles. The van der Waals surface area contributed by atoms with E-state index in [0.29, 0.717) is 0 Å². The third-order valence-corrected chi connectivity index (χ3v) is 3.48. The van der Waals surface area contributed by atoms with Crippen LogP contribution in [0.3, 0.4) is 0 Å². The number of rotatable bonds is 3. The SMILES string of the molecule is CC(C)(C)N(C(=O)O)c1cc(F)c(-c2c(F)cccc2F)nc1CO. The van der Waals surface area contributed by atoms with E-state index in [9.17, 15) is 28.2 Å². The van der Waals surface area contributed by atoms with Crippen LogP contribution in [0.4, 0.5) is 23.7 Å². The largest absolute Gasteiger partial charge is 0.465 e. The second-order valence-electron chi connectivity index (χ2n) is 6.33. The van der Waals surface area contributed by atoms with Gasteiger partial charge in [-0.3, -0.25) is 4.90 Å². The van der Waals surface area contributed by atoms with Crippen molar-refractivity contribution in [1.82, 2.24) is 4.98 Å². The molecular formula is C17H17F3N2O3. The van der Waals surface area contributed by atoms with Crippen LogP contribution >= 0.6 is 0 Å². The summed E-state index contributed by atoms with van der Waals surface area (Å²) in [6.45, 7) is 3.98. The number of hydrogen-bond donors (Lipinski definition) is 2. The lowest BCUT2D eigenvalue weighted by atomic mass is 10.0. The molecule has 0 spiro atoms. The van der Waals surface area contributed by atoms with E-state index in [0.717, 1.165) is 29.2 Å². The Labute approximate surface area is 142 Å². The van der Waals surface area contributed by atoms with Crippen molar-refractivity contribution in [3.63, 3.8) is 0 Å². The van der Waals surface area contributed by atoms with Crippen molar-refractivity contribution >= 4 is 11.8 Å². The highest BCUT2D eigenvalue weighted by Crippen LogP contribution is 2.33. The molecule has 0 unspecified atom stereocenters. The lowest BCUT2D eigenvalue weighted by Gasteiger charge is -2.34. The molecule has 1 aromatic heterocycles. The van der Waals surface area contributed by atoms with Gasteiger partial charge in [0, 0.05) is 11.6 Å². The summed E-state index contributed by atoms with van der Waals surface area (Å²) in [5, 5.41) is 18.9. The molecule has 0 aliphatic carbocycles.